The molecule has 104 valence electrons. The maximum atomic E-state index is 8.96. The molecular formula is C14H10N4O2S. The summed E-state index contributed by atoms with van der Waals surface area (Å²) in [7, 11) is 0. The number of nitriles is 1. The van der Waals surface area contributed by atoms with Crippen molar-refractivity contribution in [3.05, 3.63) is 48.8 Å². The summed E-state index contributed by atoms with van der Waals surface area (Å²) < 4.78 is 9.74. The molecule has 0 amide bonds. The van der Waals surface area contributed by atoms with Gasteiger partial charge in [0.1, 0.15) is 17.7 Å². The Balaban J connectivity index is 1.80. The Labute approximate surface area is 125 Å². The summed E-state index contributed by atoms with van der Waals surface area (Å²) in [5.74, 6) is 2.43. The third-order valence-corrected chi connectivity index (χ3v) is 3.25. The van der Waals surface area contributed by atoms with Crippen LogP contribution in [0.15, 0.2) is 53.2 Å². The number of rotatable bonds is 4. The topological polar surface area (TPSA) is 70.7 Å². The lowest BCUT2D eigenvalue weighted by Gasteiger charge is -2.18. The first-order valence-corrected chi connectivity index (χ1v) is 7.03. The maximum Gasteiger partial charge on any atom is 0.249 e. The third-order valence-electron chi connectivity index (χ3n) is 2.60. The van der Waals surface area contributed by atoms with E-state index in [1.54, 1.807) is 36.7 Å². The van der Waals surface area contributed by atoms with E-state index >= 15 is 0 Å². The molecule has 2 aromatic rings. The summed E-state index contributed by atoms with van der Waals surface area (Å²) >= 11 is 1.26. The summed E-state index contributed by atoms with van der Waals surface area (Å²) in [6, 6.07) is 12.7. The molecule has 7 heteroatoms. The van der Waals surface area contributed by atoms with Gasteiger partial charge in [-0.05, 0) is 24.3 Å². The van der Waals surface area contributed by atoms with E-state index < -0.39 is 0 Å². The van der Waals surface area contributed by atoms with E-state index in [1.807, 2.05) is 18.2 Å². The van der Waals surface area contributed by atoms with Crippen molar-refractivity contribution in [1.29, 1.82) is 5.26 Å². The Kier molecular flexibility index (Phi) is 3.89. The molecule has 0 N–H and O–H groups in total. The molecule has 0 aliphatic carbocycles. The Morgan fingerprint density at radius 3 is 2.67 bits per heavy atom. The van der Waals surface area contributed by atoms with Crippen molar-refractivity contribution in [2.24, 2.45) is 4.40 Å². The first-order valence-electron chi connectivity index (χ1n) is 6.09. The number of hydrogen-bond acceptors (Lipinski definition) is 7. The highest BCUT2D eigenvalue weighted by molar-refractivity contribution is 7.98. The molecule has 1 aromatic heterocycles. The van der Waals surface area contributed by atoms with Crippen LogP contribution in [0.5, 0.6) is 17.2 Å². The summed E-state index contributed by atoms with van der Waals surface area (Å²) in [6.07, 6.45) is 3.30. The number of nitrogens with zero attached hydrogens (tertiary/aromatic N) is 4. The van der Waals surface area contributed by atoms with Crippen LogP contribution < -0.4 is 9.57 Å². The van der Waals surface area contributed by atoms with Gasteiger partial charge in [-0.1, -0.05) is 12.1 Å². The Morgan fingerprint density at radius 1 is 1.14 bits per heavy atom. The molecule has 2 heterocycles. The average Bonchev–Trinajstić information content (AvgIpc) is 2.97. The standard InChI is InChI=1S/C14H10N4O2S/c15-9-14-17-21-10-18(14)20-13-4-2-1-3-12(13)19-11-5-7-16-8-6-11/h1-8H,10H2. The Hall–Kier alpha value is -2.72. The van der Waals surface area contributed by atoms with Gasteiger partial charge in [0.05, 0.1) is 0 Å². The second kappa shape index (κ2) is 6.15. The molecule has 0 fully saturated rings. The molecule has 0 unspecified atom stereocenters. The molecule has 1 aliphatic rings. The fourth-order valence-electron chi connectivity index (χ4n) is 1.66. The Bertz CT molecular complexity index is 700. The molecular weight excluding hydrogens is 288 g/mol. The third kappa shape index (κ3) is 3.07. The van der Waals surface area contributed by atoms with E-state index in [2.05, 4.69) is 9.38 Å². The fraction of sp³-hybridized carbons (Fsp3) is 0.0714. The van der Waals surface area contributed by atoms with Crippen molar-refractivity contribution >= 4 is 17.8 Å². The summed E-state index contributed by atoms with van der Waals surface area (Å²) in [4.78, 5) is 9.64. The number of hydrogen-bond donors (Lipinski definition) is 0. The molecule has 0 saturated heterocycles. The molecule has 0 radical (unpaired) electrons. The van der Waals surface area contributed by atoms with Crippen LogP contribution >= 0.6 is 11.9 Å². The Morgan fingerprint density at radius 2 is 1.90 bits per heavy atom. The predicted octanol–water partition coefficient (Wildman–Crippen LogP) is 3.01. The molecule has 0 saturated carbocycles. The first-order chi connectivity index (χ1) is 10.4. The van der Waals surface area contributed by atoms with Gasteiger partial charge in [0.2, 0.25) is 5.84 Å². The largest absolute Gasteiger partial charge is 0.453 e. The van der Waals surface area contributed by atoms with Crippen molar-refractivity contribution in [2.75, 3.05) is 5.88 Å². The van der Waals surface area contributed by atoms with Crippen LogP contribution in [0.4, 0.5) is 0 Å². The summed E-state index contributed by atoms with van der Waals surface area (Å²) in [5, 5.41) is 10.4. The highest BCUT2D eigenvalue weighted by Crippen LogP contribution is 2.32. The zero-order valence-electron chi connectivity index (χ0n) is 10.8. The minimum atomic E-state index is 0.235. The van der Waals surface area contributed by atoms with Gasteiger partial charge in [-0.25, -0.2) is 0 Å². The molecule has 1 aliphatic heterocycles. The van der Waals surface area contributed by atoms with Crippen LogP contribution in [-0.2, 0) is 0 Å². The highest BCUT2D eigenvalue weighted by atomic mass is 32.2. The van der Waals surface area contributed by atoms with Crippen LogP contribution in [0.1, 0.15) is 0 Å². The zero-order valence-corrected chi connectivity index (χ0v) is 11.7. The number of ether oxygens (including phenoxy) is 1. The van der Waals surface area contributed by atoms with Crippen molar-refractivity contribution < 1.29 is 9.57 Å². The van der Waals surface area contributed by atoms with Crippen LogP contribution in [0.25, 0.3) is 0 Å². The fourth-order valence-corrected chi connectivity index (χ4v) is 2.25. The van der Waals surface area contributed by atoms with Gasteiger partial charge in [0.15, 0.2) is 11.5 Å². The number of amidine groups is 1. The minimum absolute atomic E-state index is 0.235. The molecule has 3 rings (SSSR count). The lowest BCUT2D eigenvalue weighted by Crippen LogP contribution is -2.29. The number of hydroxylamine groups is 2. The summed E-state index contributed by atoms with van der Waals surface area (Å²) in [6.45, 7) is 0. The molecule has 0 bridgehead atoms. The van der Waals surface area contributed by atoms with Crippen LogP contribution in [0, 0.1) is 11.3 Å². The van der Waals surface area contributed by atoms with Gasteiger partial charge in [0.25, 0.3) is 0 Å². The van der Waals surface area contributed by atoms with Crippen molar-refractivity contribution in [3.8, 4) is 23.3 Å². The predicted molar refractivity (Wildman–Crippen MR) is 78.7 cm³/mol. The van der Waals surface area contributed by atoms with Crippen LogP contribution in [0.2, 0.25) is 0 Å². The molecule has 0 atom stereocenters. The first kappa shape index (κ1) is 13.3. The van der Waals surface area contributed by atoms with Gasteiger partial charge in [-0.3, -0.25) is 4.98 Å². The van der Waals surface area contributed by atoms with Gasteiger partial charge >= 0.3 is 0 Å². The smallest absolute Gasteiger partial charge is 0.249 e. The lowest BCUT2D eigenvalue weighted by atomic mass is 10.3. The monoisotopic (exact) mass is 298 g/mol. The van der Waals surface area contributed by atoms with Crippen LogP contribution in [0.3, 0.4) is 0 Å². The number of para-hydroxylation sites is 2. The average molecular weight is 298 g/mol. The minimum Gasteiger partial charge on any atom is -0.453 e. The van der Waals surface area contributed by atoms with E-state index in [0.717, 1.165) is 0 Å². The van der Waals surface area contributed by atoms with E-state index in [4.69, 9.17) is 14.8 Å². The number of benzene rings is 1. The molecule has 21 heavy (non-hydrogen) atoms. The maximum absolute atomic E-state index is 8.96. The normalized spacial score (nSPS) is 13.5. The van der Waals surface area contributed by atoms with E-state index in [0.29, 0.717) is 23.1 Å². The van der Waals surface area contributed by atoms with E-state index in [-0.39, 0.29) is 5.84 Å². The molecule has 0 spiro atoms. The summed E-state index contributed by atoms with van der Waals surface area (Å²) in [5.41, 5.74) is 0. The zero-order chi connectivity index (χ0) is 14.5. The van der Waals surface area contributed by atoms with Crippen LogP contribution in [-0.4, -0.2) is 21.8 Å². The molecule has 6 nitrogen and oxygen atoms in total. The van der Waals surface area contributed by atoms with Gasteiger partial charge in [0, 0.05) is 24.3 Å². The van der Waals surface area contributed by atoms with Gasteiger partial charge in [-0.2, -0.15) is 14.7 Å². The van der Waals surface area contributed by atoms with Crippen molar-refractivity contribution in [2.45, 2.75) is 0 Å². The lowest BCUT2D eigenvalue weighted by molar-refractivity contribution is 0.0423. The SMILES string of the molecule is N#CC1=NSCN1Oc1ccccc1Oc1ccncc1. The molecule has 1 aromatic carbocycles. The highest BCUT2D eigenvalue weighted by Gasteiger charge is 2.21. The van der Waals surface area contributed by atoms with E-state index in [1.165, 1.54) is 17.0 Å². The van der Waals surface area contributed by atoms with Crippen molar-refractivity contribution in [1.82, 2.24) is 10.0 Å². The second-order valence-electron chi connectivity index (χ2n) is 3.99. The quantitative estimate of drug-likeness (QED) is 0.808. The second-order valence-corrected chi connectivity index (χ2v) is 4.69. The van der Waals surface area contributed by atoms with Gasteiger partial charge < -0.3 is 9.57 Å². The van der Waals surface area contributed by atoms with E-state index in [9.17, 15) is 0 Å². The number of aromatic nitrogens is 1. The number of pyridine rings is 1. The van der Waals surface area contributed by atoms with Crippen molar-refractivity contribution in [3.63, 3.8) is 0 Å². The van der Waals surface area contributed by atoms with Gasteiger partial charge in [-0.15, -0.1) is 0 Å².